The van der Waals surface area contributed by atoms with Crippen molar-refractivity contribution in [1.82, 2.24) is 10.3 Å². The Balaban J connectivity index is 0.00000167. The zero-order chi connectivity index (χ0) is 25.5. The van der Waals surface area contributed by atoms with Gasteiger partial charge in [-0.3, -0.25) is 9.59 Å². The number of hydrogen-bond donors (Lipinski definition) is 3. The second kappa shape index (κ2) is 11.4. The summed E-state index contributed by atoms with van der Waals surface area (Å²) in [5.74, 6) is -1.96. The third-order valence-electron chi connectivity index (χ3n) is 5.30. The number of carboxylic acid groups (broad SMARTS) is 1. The molecule has 8 heteroatoms. The topological polar surface area (TPSA) is 117 Å². The highest BCUT2D eigenvalue weighted by Gasteiger charge is 2.22. The highest BCUT2D eigenvalue weighted by Crippen LogP contribution is 2.28. The molecule has 0 saturated heterocycles. The normalized spacial score (nSPS) is 11.3. The largest absolute Gasteiger partial charge is 0.508 e. The van der Waals surface area contributed by atoms with Crippen LogP contribution in [0.2, 0.25) is 0 Å². The van der Waals surface area contributed by atoms with Crippen molar-refractivity contribution in [2.45, 2.75) is 33.2 Å². The Morgan fingerprint density at radius 1 is 1.00 bits per heavy atom. The Morgan fingerprint density at radius 2 is 1.71 bits per heavy atom. The van der Waals surface area contributed by atoms with E-state index in [2.05, 4.69) is 10.3 Å². The molecule has 4 aromatic rings. The molecule has 3 N–H and O–H groups in total. The van der Waals surface area contributed by atoms with Gasteiger partial charge in [0.2, 0.25) is 0 Å². The molecular weight excluding hydrogens is 464 g/mol. The van der Waals surface area contributed by atoms with Gasteiger partial charge in [0.15, 0.2) is 5.78 Å². The number of carbonyl (C=O) groups excluding carboxylic acids is 2. The number of aromatic carboxylic acids is 1. The fourth-order valence-electron chi connectivity index (χ4n) is 3.52. The molecule has 2 aromatic carbocycles. The zero-order valence-electron chi connectivity index (χ0n) is 19.6. The van der Waals surface area contributed by atoms with Crippen LogP contribution in [0.1, 0.15) is 47.2 Å². The average molecular weight is 491 g/mol. The van der Waals surface area contributed by atoms with Gasteiger partial charge in [0.05, 0.1) is 17.1 Å². The fraction of sp³-hybridized carbons (Fsp3) is 0.185. The first-order valence-electron chi connectivity index (χ1n) is 11.1. The molecular formula is C27H26N2O5S. The number of ketones is 1. The summed E-state index contributed by atoms with van der Waals surface area (Å²) in [6.07, 6.45) is 0.227. The molecule has 0 aliphatic heterocycles. The Labute approximate surface area is 207 Å². The lowest BCUT2D eigenvalue weighted by Crippen LogP contribution is -2.41. The lowest BCUT2D eigenvalue weighted by molar-refractivity contribution is -0.118. The summed E-state index contributed by atoms with van der Waals surface area (Å²) in [5, 5.41) is 26.2. The molecule has 35 heavy (non-hydrogen) atoms. The van der Waals surface area contributed by atoms with Gasteiger partial charge in [0.25, 0.3) is 5.91 Å². The Kier molecular flexibility index (Phi) is 8.33. The number of amides is 1. The predicted molar refractivity (Wildman–Crippen MR) is 137 cm³/mol. The van der Waals surface area contributed by atoms with Crippen LogP contribution < -0.4 is 5.32 Å². The van der Waals surface area contributed by atoms with E-state index in [4.69, 9.17) is 0 Å². The highest BCUT2D eigenvalue weighted by atomic mass is 32.1. The molecule has 0 bridgehead atoms. The van der Waals surface area contributed by atoms with Crippen molar-refractivity contribution < 1.29 is 24.6 Å². The molecule has 0 saturated carbocycles. The van der Waals surface area contributed by atoms with E-state index < -0.39 is 17.9 Å². The number of pyridine rings is 1. The van der Waals surface area contributed by atoms with Crippen LogP contribution in [0, 0.1) is 0 Å². The molecule has 0 aliphatic rings. The quantitative estimate of drug-likeness (QED) is 0.323. The first kappa shape index (κ1) is 25.6. The molecule has 0 aliphatic carbocycles. The molecule has 1 unspecified atom stereocenters. The number of nitrogens with one attached hydrogen (secondary N) is 1. The van der Waals surface area contributed by atoms with Crippen molar-refractivity contribution in [3.8, 4) is 16.9 Å². The Bertz CT molecular complexity index is 1350. The molecule has 0 spiro atoms. The predicted octanol–water partition coefficient (Wildman–Crippen LogP) is 5.32. The molecule has 0 radical (unpaired) electrons. The maximum atomic E-state index is 12.9. The third-order valence-corrected chi connectivity index (χ3v) is 5.98. The number of hydrogen-bond acceptors (Lipinski definition) is 6. The maximum Gasteiger partial charge on any atom is 0.336 e. The highest BCUT2D eigenvalue weighted by molar-refractivity contribution is 7.08. The van der Waals surface area contributed by atoms with Gasteiger partial charge in [-0.15, -0.1) is 0 Å². The van der Waals surface area contributed by atoms with E-state index in [0.717, 1.165) is 16.7 Å². The number of thiophene rings is 1. The van der Waals surface area contributed by atoms with Crippen LogP contribution in [0.5, 0.6) is 5.75 Å². The second-order valence-corrected chi connectivity index (χ2v) is 8.39. The number of carbonyl (C=O) groups is 3. The number of benzene rings is 2. The van der Waals surface area contributed by atoms with Crippen molar-refractivity contribution in [2.75, 3.05) is 0 Å². The molecule has 1 amide bonds. The van der Waals surface area contributed by atoms with Crippen LogP contribution in [0.25, 0.3) is 22.0 Å². The van der Waals surface area contributed by atoms with E-state index in [1.54, 1.807) is 35.6 Å². The van der Waals surface area contributed by atoms with E-state index in [1.165, 1.54) is 25.1 Å². The molecule has 2 heterocycles. The summed E-state index contributed by atoms with van der Waals surface area (Å²) in [6.45, 7) is 5.37. The maximum absolute atomic E-state index is 12.9. The van der Waals surface area contributed by atoms with Crippen LogP contribution in [0.3, 0.4) is 0 Å². The number of fused-ring (bicyclic) bond motifs is 1. The molecule has 2 aromatic heterocycles. The minimum atomic E-state index is -1.17. The third kappa shape index (κ3) is 6.10. The summed E-state index contributed by atoms with van der Waals surface area (Å²) < 4.78 is 0. The Morgan fingerprint density at radius 3 is 2.31 bits per heavy atom. The first-order valence-corrected chi connectivity index (χ1v) is 12.1. The average Bonchev–Trinajstić information content (AvgIpc) is 3.40. The number of phenols is 1. The van der Waals surface area contributed by atoms with Crippen molar-refractivity contribution in [2.24, 2.45) is 0 Å². The monoisotopic (exact) mass is 490 g/mol. The lowest BCUT2D eigenvalue weighted by atomic mass is 10.0. The number of rotatable bonds is 7. The summed E-state index contributed by atoms with van der Waals surface area (Å²) in [7, 11) is 0. The van der Waals surface area contributed by atoms with Crippen molar-refractivity contribution in [1.29, 1.82) is 0 Å². The Hall–Kier alpha value is -4.04. The van der Waals surface area contributed by atoms with Crippen LogP contribution in [-0.2, 0) is 11.2 Å². The van der Waals surface area contributed by atoms with E-state index >= 15 is 0 Å². The summed E-state index contributed by atoms with van der Waals surface area (Å²) in [6, 6.07) is 13.9. The lowest BCUT2D eigenvalue weighted by Gasteiger charge is -2.16. The van der Waals surface area contributed by atoms with Gasteiger partial charge in [0.1, 0.15) is 11.4 Å². The summed E-state index contributed by atoms with van der Waals surface area (Å²) >= 11 is 1.54. The van der Waals surface area contributed by atoms with E-state index in [-0.39, 0.29) is 29.2 Å². The molecule has 7 nitrogen and oxygen atoms in total. The van der Waals surface area contributed by atoms with Crippen LogP contribution >= 0.6 is 11.3 Å². The van der Waals surface area contributed by atoms with Gasteiger partial charge in [0, 0.05) is 5.39 Å². The van der Waals surface area contributed by atoms with Crippen molar-refractivity contribution in [3.63, 3.8) is 0 Å². The summed E-state index contributed by atoms with van der Waals surface area (Å²) in [5.41, 5.74) is 2.83. The van der Waals surface area contributed by atoms with Gasteiger partial charge >= 0.3 is 5.97 Å². The smallest absolute Gasteiger partial charge is 0.336 e. The van der Waals surface area contributed by atoms with E-state index in [9.17, 15) is 24.6 Å². The van der Waals surface area contributed by atoms with Crippen molar-refractivity contribution in [3.05, 3.63) is 82.2 Å². The minimum Gasteiger partial charge on any atom is -0.508 e. The number of aromatic nitrogens is 1. The zero-order valence-corrected chi connectivity index (χ0v) is 20.4. The molecule has 1 atom stereocenters. The number of phenolic OH excluding ortho intramolecular Hbond substituents is 1. The molecule has 180 valence electrons. The van der Waals surface area contributed by atoms with Crippen LogP contribution in [-0.4, -0.2) is 38.9 Å². The minimum absolute atomic E-state index is 0.0415. The van der Waals surface area contributed by atoms with Gasteiger partial charge < -0.3 is 15.5 Å². The van der Waals surface area contributed by atoms with Crippen LogP contribution in [0.4, 0.5) is 0 Å². The van der Waals surface area contributed by atoms with Gasteiger partial charge in [-0.05, 0) is 77.2 Å². The van der Waals surface area contributed by atoms with Crippen molar-refractivity contribution >= 4 is 39.9 Å². The summed E-state index contributed by atoms with van der Waals surface area (Å²) in [4.78, 5) is 41.4. The molecule has 4 rings (SSSR count). The fourth-order valence-corrected chi connectivity index (χ4v) is 4.19. The number of carboxylic acids is 1. The number of aromatic hydroxyl groups is 1. The standard InChI is InChI=1S/C25H20N2O5S.C2H6/c1-14(28)22(10-15-2-5-18(29)6-3-15)27-24(30)23-12-20(25(31)32)19-11-16(4-7-21(19)26-23)17-8-9-33-13-17;1-2/h2-9,11-13,22,29H,10H2,1H3,(H,27,30)(H,31,32);1-2H3. The van der Waals surface area contributed by atoms with Gasteiger partial charge in [-0.1, -0.05) is 32.0 Å². The van der Waals surface area contributed by atoms with Crippen LogP contribution in [0.15, 0.2) is 65.4 Å². The first-order chi connectivity index (χ1) is 16.8. The van der Waals surface area contributed by atoms with E-state index in [1.807, 2.05) is 36.7 Å². The van der Waals surface area contributed by atoms with E-state index in [0.29, 0.717) is 10.9 Å². The second-order valence-electron chi connectivity index (χ2n) is 7.61. The van der Waals surface area contributed by atoms with Gasteiger partial charge in [-0.25, -0.2) is 9.78 Å². The SMILES string of the molecule is CC.CC(=O)C(Cc1ccc(O)cc1)NC(=O)c1cc(C(=O)O)c2cc(-c3ccsc3)ccc2n1. The van der Waals surface area contributed by atoms with Gasteiger partial charge in [-0.2, -0.15) is 11.3 Å². The number of Topliss-reactive ketones (excluding diaryl/α,β-unsaturated/α-hetero) is 1. The number of nitrogens with zero attached hydrogens (tertiary/aromatic N) is 1. The molecule has 0 fully saturated rings.